The molecule has 0 aliphatic carbocycles. The second kappa shape index (κ2) is 4.83. The fraction of sp³-hybridized carbons (Fsp3) is 0.333. The second-order valence-corrected chi connectivity index (χ2v) is 3.95. The molecule has 2 N–H and O–H groups in total. The van der Waals surface area contributed by atoms with Crippen LogP contribution in [0.25, 0.3) is 11.0 Å². The number of benzene rings is 1. The molecule has 0 fully saturated rings. The molecule has 7 heteroatoms. The third kappa shape index (κ3) is 2.00. The van der Waals surface area contributed by atoms with E-state index in [0.29, 0.717) is 24.9 Å². The number of carboxylic acids is 1. The molecule has 0 unspecified atom stereocenters. The van der Waals surface area contributed by atoms with Crippen LogP contribution in [0.1, 0.15) is 30.0 Å². The van der Waals surface area contributed by atoms with Crippen LogP contribution in [0.4, 0.5) is 8.78 Å². The molecule has 1 aromatic carbocycles. The smallest absolute Gasteiger partial charge is 0.338 e. The maximum atomic E-state index is 13.9. The Morgan fingerprint density at radius 2 is 2.16 bits per heavy atom. The van der Waals surface area contributed by atoms with E-state index >= 15 is 0 Å². The first-order valence-electron chi connectivity index (χ1n) is 5.87. The number of imidazole rings is 1. The average molecular weight is 269 g/mol. The highest BCUT2D eigenvalue weighted by Crippen LogP contribution is 2.25. The van der Waals surface area contributed by atoms with Crippen molar-refractivity contribution < 1.29 is 18.7 Å². The molecule has 0 amide bonds. The summed E-state index contributed by atoms with van der Waals surface area (Å²) in [6, 6.07) is 0.655. The Morgan fingerprint density at radius 3 is 2.68 bits per heavy atom. The molecule has 0 saturated carbocycles. The molecule has 19 heavy (non-hydrogen) atoms. The molecule has 5 nitrogen and oxygen atoms in total. The normalized spacial score (nSPS) is 10.9. The molecule has 102 valence electrons. The van der Waals surface area contributed by atoms with E-state index in [2.05, 4.69) is 10.4 Å². The lowest BCUT2D eigenvalue weighted by Gasteiger charge is -2.09. The molecule has 0 aliphatic heterocycles. The second-order valence-electron chi connectivity index (χ2n) is 3.95. The minimum absolute atomic E-state index is 0.0517. The van der Waals surface area contributed by atoms with Crippen LogP contribution in [0.15, 0.2) is 6.07 Å². The summed E-state index contributed by atoms with van der Waals surface area (Å²) in [5, 5.41) is 9.04. The Balaban J connectivity index is 2.90. The molecule has 0 saturated heterocycles. The van der Waals surface area contributed by atoms with E-state index in [4.69, 9.17) is 5.11 Å². The van der Waals surface area contributed by atoms with Crippen molar-refractivity contribution in [2.24, 2.45) is 0 Å². The number of nitrogens with one attached hydrogen (secondary N) is 1. The molecule has 0 aliphatic rings. The molecule has 2 rings (SSSR count). The van der Waals surface area contributed by atoms with Gasteiger partial charge >= 0.3 is 5.97 Å². The number of carbonyl (C=O) groups is 1. The van der Waals surface area contributed by atoms with E-state index in [0.717, 1.165) is 0 Å². The number of fused-ring (bicyclic) bond motifs is 1. The van der Waals surface area contributed by atoms with Crippen LogP contribution in [0.3, 0.4) is 0 Å². The third-order valence-corrected chi connectivity index (χ3v) is 2.75. The van der Waals surface area contributed by atoms with Crippen molar-refractivity contribution in [1.29, 1.82) is 0 Å². The fourth-order valence-corrected chi connectivity index (χ4v) is 1.96. The Kier molecular flexibility index (Phi) is 3.37. The predicted molar refractivity (Wildman–Crippen MR) is 65.9 cm³/mol. The van der Waals surface area contributed by atoms with Gasteiger partial charge in [-0.25, -0.2) is 23.2 Å². The van der Waals surface area contributed by atoms with Gasteiger partial charge in [0.2, 0.25) is 0 Å². The van der Waals surface area contributed by atoms with Gasteiger partial charge in [-0.05, 0) is 13.0 Å². The number of carboxylic acid groups (broad SMARTS) is 1. The summed E-state index contributed by atoms with van der Waals surface area (Å²) < 4.78 is 28.7. The topological polar surface area (TPSA) is 67.2 Å². The quantitative estimate of drug-likeness (QED) is 0.892. The van der Waals surface area contributed by atoms with Gasteiger partial charge in [0.25, 0.3) is 0 Å². The fourth-order valence-electron chi connectivity index (χ4n) is 1.96. The van der Waals surface area contributed by atoms with Gasteiger partial charge in [0.1, 0.15) is 16.9 Å². The number of aromatic nitrogens is 2. The van der Waals surface area contributed by atoms with Crippen LogP contribution in [-0.4, -0.2) is 27.3 Å². The number of hydrogen-bond acceptors (Lipinski definition) is 3. The minimum Gasteiger partial charge on any atom is -0.478 e. The number of aromatic carboxylic acids is 1. The Morgan fingerprint density at radius 1 is 1.47 bits per heavy atom. The SMILES string of the molecule is CCNn1c(CC)nc2c(C(=O)O)cc(F)c(F)c21. The van der Waals surface area contributed by atoms with Gasteiger partial charge in [-0.2, -0.15) is 0 Å². The number of nitrogens with zero attached hydrogens (tertiary/aromatic N) is 2. The first kappa shape index (κ1) is 13.3. The van der Waals surface area contributed by atoms with Crippen LogP contribution in [0.5, 0.6) is 0 Å². The van der Waals surface area contributed by atoms with Crippen molar-refractivity contribution in [2.75, 3.05) is 12.0 Å². The summed E-state index contributed by atoms with van der Waals surface area (Å²) in [6.45, 7) is 4.06. The van der Waals surface area contributed by atoms with Gasteiger partial charge in [0.15, 0.2) is 11.6 Å². The summed E-state index contributed by atoms with van der Waals surface area (Å²) in [6.07, 6.45) is 0.460. The van der Waals surface area contributed by atoms with Crippen LogP contribution < -0.4 is 5.43 Å². The number of halogens is 2. The molecule has 1 heterocycles. The molecular weight excluding hydrogens is 256 g/mol. The maximum absolute atomic E-state index is 13.9. The summed E-state index contributed by atoms with van der Waals surface area (Å²) in [4.78, 5) is 15.2. The zero-order valence-corrected chi connectivity index (χ0v) is 10.5. The van der Waals surface area contributed by atoms with E-state index < -0.39 is 17.6 Å². The van der Waals surface area contributed by atoms with Gasteiger partial charge in [-0.15, -0.1) is 0 Å². The van der Waals surface area contributed by atoms with Gasteiger partial charge in [0.05, 0.1) is 5.56 Å². The maximum Gasteiger partial charge on any atom is 0.338 e. The van der Waals surface area contributed by atoms with Crippen LogP contribution in [-0.2, 0) is 6.42 Å². The standard InChI is InChI=1S/C12H13F2N3O2/c1-3-8-16-10-6(12(18)19)5-7(13)9(14)11(10)17(8)15-4-2/h5,15H,3-4H2,1-2H3,(H,18,19). The van der Waals surface area contributed by atoms with Crippen molar-refractivity contribution in [1.82, 2.24) is 9.66 Å². The highest BCUT2D eigenvalue weighted by atomic mass is 19.2. The molecule has 2 aromatic rings. The Hall–Kier alpha value is -2.18. The van der Waals surface area contributed by atoms with E-state index in [1.807, 2.05) is 0 Å². The van der Waals surface area contributed by atoms with Crippen molar-refractivity contribution in [3.05, 3.63) is 29.1 Å². The Labute approximate surface area is 107 Å². The zero-order valence-electron chi connectivity index (χ0n) is 10.5. The highest BCUT2D eigenvalue weighted by molar-refractivity contribution is 6.01. The zero-order chi connectivity index (χ0) is 14.2. The summed E-state index contributed by atoms with van der Waals surface area (Å²) in [7, 11) is 0. The molecule has 0 bridgehead atoms. The Bertz CT molecular complexity index is 652. The third-order valence-electron chi connectivity index (χ3n) is 2.75. The van der Waals surface area contributed by atoms with Gasteiger partial charge in [0, 0.05) is 13.0 Å². The van der Waals surface area contributed by atoms with Crippen molar-refractivity contribution >= 4 is 17.0 Å². The van der Waals surface area contributed by atoms with E-state index in [-0.39, 0.29) is 16.6 Å². The van der Waals surface area contributed by atoms with Crippen LogP contribution in [0.2, 0.25) is 0 Å². The molecule has 0 radical (unpaired) electrons. The number of aryl methyl sites for hydroxylation is 1. The lowest BCUT2D eigenvalue weighted by atomic mass is 10.1. The minimum atomic E-state index is -1.34. The summed E-state index contributed by atoms with van der Waals surface area (Å²) in [5.74, 6) is -3.20. The highest BCUT2D eigenvalue weighted by Gasteiger charge is 2.23. The monoisotopic (exact) mass is 269 g/mol. The molecular formula is C12H13F2N3O2. The van der Waals surface area contributed by atoms with E-state index in [9.17, 15) is 13.6 Å². The largest absolute Gasteiger partial charge is 0.478 e. The van der Waals surface area contributed by atoms with Crippen molar-refractivity contribution in [3.63, 3.8) is 0 Å². The van der Waals surface area contributed by atoms with Gasteiger partial charge in [-0.1, -0.05) is 6.92 Å². The number of rotatable bonds is 4. The average Bonchev–Trinajstić information content (AvgIpc) is 2.73. The molecule has 0 atom stereocenters. The van der Waals surface area contributed by atoms with Crippen LogP contribution >= 0.6 is 0 Å². The number of hydrogen-bond donors (Lipinski definition) is 2. The van der Waals surface area contributed by atoms with E-state index in [1.165, 1.54) is 4.68 Å². The van der Waals surface area contributed by atoms with E-state index in [1.54, 1.807) is 13.8 Å². The summed E-state index contributed by atoms with van der Waals surface area (Å²) >= 11 is 0. The van der Waals surface area contributed by atoms with Gasteiger partial charge in [-0.3, -0.25) is 0 Å². The van der Waals surface area contributed by atoms with Crippen molar-refractivity contribution in [2.45, 2.75) is 20.3 Å². The molecule has 1 aromatic heterocycles. The van der Waals surface area contributed by atoms with Crippen LogP contribution in [0, 0.1) is 11.6 Å². The van der Waals surface area contributed by atoms with Crippen molar-refractivity contribution in [3.8, 4) is 0 Å². The molecule has 0 spiro atoms. The predicted octanol–water partition coefficient (Wildman–Crippen LogP) is 2.14. The lowest BCUT2D eigenvalue weighted by Crippen LogP contribution is -2.17. The first-order chi connectivity index (χ1) is 9.01. The first-order valence-corrected chi connectivity index (χ1v) is 5.87. The summed E-state index contributed by atoms with van der Waals surface area (Å²) in [5.41, 5.74) is 2.27. The lowest BCUT2D eigenvalue weighted by molar-refractivity contribution is 0.0698. The van der Waals surface area contributed by atoms with Gasteiger partial charge < -0.3 is 10.5 Å².